The van der Waals surface area contributed by atoms with Crippen LogP contribution in [0.2, 0.25) is 0 Å². The lowest BCUT2D eigenvalue weighted by Crippen LogP contribution is -2.48. The molecule has 1 unspecified atom stereocenters. The third kappa shape index (κ3) is 4.51. The molecule has 2 atom stereocenters. The molecule has 23 heavy (non-hydrogen) atoms. The Morgan fingerprint density at radius 3 is 2.65 bits per heavy atom. The van der Waals surface area contributed by atoms with Crippen molar-refractivity contribution in [3.8, 4) is 0 Å². The molecule has 3 rings (SSSR count). The van der Waals surface area contributed by atoms with Gasteiger partial charge in [0.15, 0.2) is 5.79 Å². The molecule has 1 aromatic rings. The SMILES string of the molecule is CC(=O)OC1CC2(C[C@H](COCc3ccccc3)O1)OCCO2. The largest absolute Gasteiger partial charge is 0.436 e. The third-order valence-corrected chi connectivity index (χ3v) is 3.89. The van der Waals surface area contributed by atoms with E-state index < -0.39 is 12.1 Å². The minimum atomic E-state index is -0.723. The molecule has 126 valence electrons. The molecular weight excluding hydrogens is 300 g/mol. The summed E-state index contributed by atoms with van der Waals surface area (Å²) in [7, 11) is 0. The van der Waals surface area contributed by atoms with Gasteiger partial charge in [-0.2, -0.15) is 0 Å². The first-order valence-electron chi connectivity index (χ1n) is 7.87. The smallest absolute Gasteiger partial charge is 0.304 e. The Kier molecular flexibility index (Phi) is 5.27. The minimum Gasteiger partial charge on any atom is -0.436 e. The van der Waals surface area contributed by atoms with Gasteiger partial charge in [0.2, 0.25) is 6.29 Å². The number of hydrogen-bond acceptors (Lipinski definition) is 6. The third-order valence-electron chi connectivity index (χ3n) is 3.89. The highest BCUT2D eigenvalue weighted by atomic mass is 16.8. The highest BCUT2D eigenvalue weighted by molar-refractivity contribution is 5.66. The first kappa shape index (κ1) is 16.4. The maximum absolute atomic E-state index is 11.2. The summed E-state index contributed by atoms with van der Waals surface area (Å²) in [6.07, 6.45) is 0.0565. The highest BCUT2D eigenvalue weighted by Gasteiger charge is 2.47. The predicted molar refractivity (Wildman–Crippen MR) is 80.4 cm³/mol. The van der Waals surface area contributed by atoms with Gasteiger partial charge in [0, 0.05) is 13.3 Å². The molecule has 0 aliphatic carbocycles. The zero-order chi connectivity index (χ0) is 16.1. The van der Waals surface area contributed by atoms with E-state index in [2.05, 4.69) is 0 Å². The quantitative estimate of drug-likeness (QED) is 0.773. The fourth-order valence-corrected chi connectivity index (χ4v) is 2.96. The van der Waals surface area contributed by atoms with E-state index in [0.717, 1.165) is 5.56 Å². The van der Waals surface area contributed by atoms with E-state index in [-0.39, 0.29) is 12.1 Å². The van der Waals surface area contributed by atoms with Crippen molar-refractivity contribution in [1.29, 1.82) is 0 Å². The predicted octanol–water partition coefficient (Wildman–Crippen LogP) is 2.01. The number of ether oxygens (including phenoxy) is 5. The van der Waals surface area contributed by atoms with Crippen LogP contribution in [0.3, 0.4) is 0 Å². The van der Waals surface area contributed by atoms with Crippen molar-refractivity contribution in [2.24, 2.45) is 0 Å². The van der Waals surface area contributed by atoms with Gasteiger partial charge in [-0.15, -0.1) is 0 Å². The van der Waals surface area contributed by atoms with Crippen molar-refractivity contribution in [2.75, 3.05) is 19.8 Å². The van der Waals surface area contributed by atoms with E-state index in [4.69, 9.17) is 23.7 Å². The zero-order valence-corrected chi connectivity index (χ0v) is 13.2. The molecule has 1 spiro atoms. The van der Waals surface area contributed by atoms with Crippen LogP contribution in [-0.2, 0) is 35.1 Å². The molecule has 1 aromatic carbocycles. The molecule has 0 N–H and O–H groups in total. The average Bonchev–Trinajstić information content (AvgIpc) is 2.94. The van der Waals surface area contributed by atoms with E-state index in [1.807, 2.05) is 30.3 Å². The van der Waals surface area contributed by atoms with Crippen molar-refractivity contribution >= 4 is 5.97 Å². The lowest BCUT2D eigenvalue weighted by Gasteiger charge is -2.39. The molecule has 0 aromatic heterocycles. The topological polar surface area (TPSA) is 63.2 Å². The lowest BCUT2D eigenvalue weighted by atomic mass is 10.0. The molecule has 2 aliphatic heterocycles. The molecule has 2 saturated heterocycles. The van der Waals surface area contributed by atoms with Gasteiger partial charge in [-0.05, 0) is 5.56 Å². The van der Waals surface area contributed by atoms with E-state index in [9.17, 15) is 4.79 Å². The maximum atomic E-state index is 11.2. The normalized spacial score (nSPS) is 26.3. The second kappa shape index (κ2) is 7.40. The van der Waals surface area contributed by atoms with E-state index in [0.29, 0.717) is 39.3 Å². The Hall–Kier alpha value is -1.47. The molecule has 0 radical (unpaired) electrons. The highest BCUT2D eigenvalue weighted by Crippen LogP contribution is 2.36. The first-order chi connectivity index (χ1) is 11.2. The fourth-order valence-electron chi connectivity index (χ4n) is 2.96. The molecule has 6 heteroatoms. The van der Waals surface area contributed by atoms with Crippen LogP contribution in [0.15, 0.2) is 30.3 Å². The summed E-state index contributed by atoms with van der Waals surface area (Å²) in [6.45, 7) is 3.35. The standard InChI is InChI=1S/C17H22O6/c1-13(18)22-16-10-17(20-7-8-21-17)9-15(23-16)12-19-11-14-5-3-2-4-6-14/h2-6,15-16H,7-12H2,1H3/t15-,16?/m1/s1. The van der Waals surface area contributed by atoms with Crippen molar-refractivity contribution < 1.29 is 28.5 Å². The van der Waals surface area contributed by atoms with Crippen LogP contribution in [0.1, 0.15) is 25.3 Å². The van der Waals surface area contributed by atoms with Crippen LogP contribution in [0.4, 0.5) is 0 Å². The summed E-state index contributed by atoms with van der Waals surface area (Å²) in [5.74, 6) is -1.10. The molecule has 0 amide bonds. The van der Waals surface area contributed by atoms with Gasteiger partial charge in [0.05, 0.1) is 39.0 Å². The van der Waals surface area contributed by atoms with E-state index in [1.54, 1.807) is 0 Å². The van der Waals surface area contributed by atoms with Crippen LogP contribution >= 0.6 is 0 Å². The molecule has 0 saturated carbocycles. The van der Waals surface area contributed by atoms with Crippen LogP contribution in [0, 0.1) is 0 Å². The van der Waals surface area contributed by atoms with Crippen molar-refractivity contribution in [3.05, 3.63) is 35.9 Å². The second-order valence-electron chi connectivity index (χ2n) is 5.81. The van der Waals surface area contributed by atoms with Crippen molar-refractivity contribution in [1.82, 2.24) is 0 Å². The summed E-state index contributed by atoms with van der Waals surface area (Å²) in [5.41, 5.74) is 1.10. The molecule has 2 heterocycles. The monoisotopic (exact) mass is 322 g/mol. The second-order valence-corrected chi connectivity index (χ2v) is 5.81. The summed E-state index contributed by atoms with van der Waals surface area (Å²) in [6, 6.07) is 9.93. The number of rotatable bonds is 5. The number of hydrogen-bond donors (Lipinski definition) is 0. The molecule has 6 nitrogen and oxygen atoms in total. The number of benzene rings is 1. The van der Waals surface area contributed by atoms with Gasteiger partial charge in [0.1, 0.15) is 0 Å². The summed E-state index contributed by atoms with van der Waals surface area (Å²) in [4.78, 5) is 11.2. The number of carbonyl (C=O) groups is 1. The Labute approximate surface area is 135 Å². The average molecular weight is 322 g/mol. The van der Waals surface area contributed by atoms with E-state index in [1.165, 1.54) is 6.92 Å². The Morgan fingerprint density at radius 2 is 1.96 bits per heavy atom. The molecule has 0 bridgehead atoms. The lowest BCUT2D eigenvalue weighted by molar-refractivity contribution is -0.291. The Morgan fingerprint density at radius 1 is 1.22 bits per heavy atom. The Bertz CT molecular complexity index is 511. The zero-order valence-electron chi connectivity index (χ0n) is 13.2. The van der Waals surface area contributed by atoms with Gasteiger partial charge in [-0.1, -0.05) is 30.3 Å². The first-order valence-corrected chi connectivity index (χ1v) is 7.87. The minimum absolute atomic E-state index is 0.241. The van der Waals surface area contributed by atoms with Crippen LogP contribution in [-0.4, -0.2) is 44.0 Å². The molecule has 2 aliphatic rings. The van der Waals surface area contributed by atoms with Gasteiger partial charge in [-0.25, -0.2) is 0 Å². The van der Waals surface area contributed by atoms with Crippen molar-refractivity contribution in [3.63, 3.8) is 0 Å². The summed E-state index contributed by atoms with van der Waals surface area (Å²) < 4.78 is 28.2. The Balaban J connectivity index is 1.55. The summed E-state index contributed by atoms with van der Waals surface area (Å²) in [5, 5.41) is 0. The van der Waals surface area contributed by atoms with Crippen LogP contribution < -0.4 is 0 Å². The van der Waals surface area contributed by atoms with Crippen molar-refractivity contribution in [2.45, 2.75) is 44.6 Å². The molecular formula is C17H22O6. The fraction of sp³-hybridized carbons (Fsp3) is 0.588. The summed E-state index contributed by atoms with van der Waals surface area (Å²) >= 11 is 0. The number of esters is 1. The van der Waals surface area contributed by atoms with E-state index >= 15 is 0 Å². The van der Waals surface area contributed by atoms with Gasteiger partial charge in [0.25, 0.3) is 0 Å². The molecule has 2 fully saturated rings. The van der Waals surface area contributed by atoms with Crippen LogP contribution in [0.5, 0.6) is 0 Å². The maximum Gasteiger partial charge on any atom is 0.304 e. The van der Waals surface area contributed by atoms with Crippen LogP contribution in [0.25, 0.3) is 0 Å². The number of carbonyl (C=O) groups excluding carboxylic acids is 1. The van der Waals surface area contributed by atoms with Gasteiger partial charge >= 0.3 is 5.97 Å². The van der Waals surface area contributed by atoms with Gasteiger partial charge < -0.3 is 23.7 Å². The van der Waals surface area contributed by atoms with Gasteiger partial charge in [-0.3, -0.25) is 4.79 Å².